The van der Waals surface area contributed by atoms with Gasteiger partial charge in [0.15, 0.2) is 12.3 Å². The zero-order valence-corrected chi connectivity index (χ0v) is 13.6. The number of hydrogen-bond donors (Lipinski definition) is 2. The molecule has 0 radical (unpaired) electrons. The lowest BCUT2D eigenvalue weighted by Gasteiger charge is -2.11. The van der Waals surface area contributed by atoms with Gasteiger partial charge >= 0.3 is 6.18 Å². The van der Waals surface area contributed by atoms with Gasteiger partial charge < -0.3 is 10.5 Å². The van der Waals surface area contributed by atoms with Gasteiger partial charge in [0.1, 0.15) is 11.3 Å². The van der Waals surface area contributed by atoms with Gasteiger partial charge in [-0.1, -0.05) is 17.7 Å². The normalized spacial score (nSPS) is 11.7. The number of halogens is 4. The first kappa shape index (κ1) is 17.8. The van der Waals surface area contributed by atoms with E-state index in [-0.39, 0.29) is 33.2 Å². The highest BCUT2D eigenvalue weighted by Gasteiger charge is 2.29. The minimum atomic E-state index is -4.53. The van der Waals surface area contributed by atoms with Crippen molar-refractivity contribution < 1.29 is 22.7 Å². The number of fused-ring (bicyclic) bond motifs is 1. The van der Waals surface area contributed by atoms with E-state index in [2.05, 4.69) is 14.8 Å². The van der Waals surface area contributed by atoms with E-state index in [1.165, 1.54) is 24.4 Å². The van der Waals surface area contributed by atoms with Crippen LogP contribution in [0.5, 0.6) is 5.75 Å². The fraction of sp³-hybridized carbons (Fsp3) is 0.133. The summed E-state index contributed by atoms with van der Waals surface area (Å²) >= 11 is 5.84. The van der Waals surface area contributed by atoms with Gasteiger partial charge in [0.2, 0.25) is 0 Å². The fourth-order valence-corrected chi connectivity index (χ4v) is 2.42. The van der Waals surface area contributed by atoms with Gasteiger partial charge in [-0.25, -0.2) is 9.50 Å². The molecule has 26 heavy (non-hydrogen) atoms. The number of nitrogens with one attached hydrogen (secondary N) is 1. The SMILES string of the molecule is NC(=O)c1c[nH]n2c(=O)cc(-c3ccc(Cl)c(OCC(F)(F)F)c3)nc12. The summed E-state index contributed by atoms with van der Waals surface area (Å²) in [6.45, 7) is -1.52. The highest BCUT2D eigenvalue weighted by Crippen LogP contribution is 2.31. The van der Waals surface area contributed by atoms with Crippen molar-refractivity contribution in [3.63, 3.8) is 0 Å². The Labute approximate surface area is 148 Å². The van der Waals surface area contributed by atoms with Gasteiger partial charge in [-0.05, 0) is 12.1 Å². The van der Waals surface area contributed by atoms with Crippen molar-refractivity contribution in [1.82, 2.24) is 14.6 Å². The molecule has 3 N–H and O–H groups in total. The van der Waals surface area contributed by atoms with Crippen LogP contribution in [0.3, 0.4) is 0 Å². The molecule has 2 aromatic heterocycles. The standard InChI is InChI=1S/C15H10ClF3N4O3/c16-9-2-1-7(3-11(9)26-6-15(17,18)19)10-4-12(24)23-14(22-10)8(5-21-23)13(20)25/h1-5,21H,6H2,(H2,20,25). The minimum Gasteiger partial charge on any atom is -0.483 e. The van der Waals surface area contributed by atoms with E-state index in [1.54, 1.807) is 0 Å². The molecule has 11 heteroatoms. The number of carbonyl (C=O) groups excluding carboxylic acids is 1. The molecule has 3 aromatic rings. The van der Waals surface area contributed by atoms with E-state index in [1.807, 2.05) is 0 Å². The average Bonchev–Trinajstić information content (AvgIpc) is 2.98. The van der Waals surface area contributed by atoms with Gasteiger partial charge in [0.25, 0.3) is 11.5 Å². The summed E-state index contributed by atoms with van der Waals surface area (Å²) in [4.78, 5) is 27.7. The Morgan fingerprint density at radius 3 is 2.73 bits per heavy atom. The third-order valence-electron chi connectivity index (χ3n) is 3.38. The number of nitrogens with two attached hydrogens (primary N) is 1. The first-order valence-corrected chi connectivity index (χ1v) is 7.44. The summed E-state index contributed by atoms with van der Waals surface area (Å²) in [7, 11) is 0. The van der Waals surface area contributed by atoms with Crippen molar-refractivity contribution >= 4 is 23.2 Å². The van der Waals surface area contributed by atoms with Crippen molar-refractivity contribution in [2.75, 3.05) is 6.61 Å². The first-order chi connectivity index (χ1) is 12.2. The van der Waals surface area contributed by atoms with Crippen molar-refractivity contribution in [3.8, 4) is 17.0 Å². The molecule has 136 valence electrons. The largest absolute Gasteiger partial charge is 0.483 e. The van der Waals surface area contributed by atoms with Crippen LogP contribution in [0.25, 0.3) is 16.9 Å². The number of H-pyrrole nitrogens is 1. The molecule has 0 fully saturated rings. The molecule has 0 aliphatic rings. The molecule has 0 saturated heterocycles. The van der Waals surface area contributed by atoms with Crippen LogP contribution in [0.15, 0.2) is 35.3 Å². The van der Waals surface area contributed by atoms with Crippen LogP contribution in [-0.4, -0.2) is 33.3 Å². The lowest BCUT2D eigenvalue weighted by atomic mass is 10.1. The molecule has 0 atom stereocenters. The number of amides is 1. The molecular weight excluding hydrogens is 377 g/mol. The number of rotatable bonds is 4. The Morgan fingerprint density at radius 1 is 1.35 bits per heavy atom. The van der Waals surface area contributed by atoms with Crippen LogP contribution in [0, 0.1) is 0 Å². The maximum atomic E-state index is 12.3. The number of primary amides is 1. The Kier molecular flexibility index (Phi) is 4.36. The van der Waals surface area contributed by atoms with Gasteiger partial charge in [0.05, 0.1) is 10.7 Å². The number of alkyl halides is 3. The number of aromatic amines is 1. The van der Waals surface area contributed by atoms with E-state index < -0.39 is 24.2 Å². The minimum absolute atomic E-state index is 0.00675. The third kappa shape index (κ3) is 3.49. The van der Waals surface area contributed by atoms with Gasteiger partial charge in [-0.15, -0.1) is 0 Å². The maximum absolute atomic E-state index is 12.3. The molecular formula is C15H10ClF3N4O3. The van der Waals surface area contributed by atoms with E-state index in [9.17, 15) is 22.8 Å². The molecule has 0 saturated carbocycles. The Bertz CT molecular complexity index is 1060. The van der Waals surface area contributed by atoms with E-state index >= 15 is 0 Å². The van der Waals surface area contributed by atoms with Crippen molar-refractivity contribution in [3.05, 3.63) is 51.4 Å². The Hall–Kier alpha value is -3.01. The molecule has 7 nitrogen and oxygen atoms in total. The monoisotopic (exact) mass is 386 g/mol. The molecule has 2 heterocycles. The molecule has 0 unspecified atom stereocenters. The number of benzene rings is 1. The topological polar surface area (TPSA) is 102 Å². The highest BCUT2D eigenvalue weighted by atomic mass is 35.5. The number of carbonyl (C=O) groups is 1. The predicted octanol–water partition coefficient (Wildman–Crippen LogP) is 2.38. The second-order valence-electron chi connectivity index (χ2n) is 5.24. The van der Waals surface area contributed by atoms with Crippen molar-refractivity contribution in [2.45, 2.75) is 6.18 Å². The lowest BCUT2D eigenvalue weighted by molar-refractivity contribution is -0.153. The van der Waals surface area contributed by atoms with Crippen LogP contribution in [-0.2, 0) is 0 Å². The summed E-state index contributed by atoms with van der Waals surface area (Å²) in [6.07, 6.45) is -3.30. The molecule has 0 aliphatic carbocycles. The Morgan fingerprint density at radius 2 is 2.08 bits per heavy atom. The van der Waals surface area contributed by atoms with Crippen molar-refractivity contribution in [1.29, 1.82) is 0 Å². The number of hydrogen-bond acceptors (Lipinski definition) is 4. The van der Waals surface area contributed by atoms with Gasteiger partial charge in [-0.2, -0.15) is 13.2 Å². The van der Waals surface area contributed by atoms with Crippen LogP contribution < -0.4 is 16.0 Å². The zero-order valence-electron chi connectivity index (χ0n) is 12.8. The van der Waals surface area contributed by atoms with Crippen LogP contribution in [0.2, 0.25) is 5.02 Å². The predicted molar refractivity (Wildman–Crippen MR) is 86.3 cm³/mol. The zero-order chi connectivity index (χ0) is 19.1. The second-order valence-corrected chi connectivity index (χ2v) is 5.65. The molecule has 1 aromatic carbocycles. The lowest BCUT2D eigenvalue weighted by Crippen LogP contribution is -2.19. The van der Waals surface area contributed by atoms with E-state index in [0.717, 1.165) is 10.6 Å². The number of aromatic nitrogens is 3. The van der Waals surface area contributed by atoms with Gasteiger partial charge in [-0.3, -0.25) is 14.7 Å². The van der Waals surface area contributed by atoms with Crippen LogP contribution in [0.4, 0.5) is 13.2 Å². The number of ether oxygens (including phenoxy) is 1. The maximum Gasteiger partial charge on any atom is 0.422 e. The van der Waals surface area contributed by atoms with Gasteiger partial charge in [0, 0.05) is 17.8 Å². The quantitative estimate of drug-likeness (QED) is 0.718. The molecule has 0 aliphatic heterocycles. The van der Waals surface area contributed by atoms with Crippen LogP contribution >= 0.6 is 11.6 Å². The van der Waals surface area contributed by atoms with E-state index in [0.29, 0.717) is 0 Å². The summed E-state index contributed by atoms with van der Waals surface area (Å²) in [5.41, 5.74) is 5.07. The Balaban J connectivity index is 2.07. The molecule has 0 spiro atoms. The molecule has 1 amide bonds. The smallest absolute Gasteiger partial charge is 0.422 e. The fourth-order valence-electron chi connectivity index (χ4n) is 2.24. The molecule has 0 bridgehead atoms. The summed E-state index contributed by atoms with van der Waals surface area (Å²) in [5.74, 6) is -1.01. The van der Waals surface area contributed by atoms with E-state index in [4.69, 9.17) is 17.3 Å². The third-order valence-corrected chi connectivity index (χ3v) is 3.69. The molecule has 3 rings (SSSR count). The summed E-state index contributed by atoms with van der Waals surface area (Å²) in [6, 6.07) is 5.14. The second kappa shape index (κ2) is 6.37. The summed E-state index contributed by atoms with van der Waals surface area (Å²) in [5, 5.41) is 2.51. The number of nitrogens with zero attached hydrogens (tertiary/aromatic N) is 2. The summed E-state index contributed by atoms with van der Waals surface area (Å²) < 4.78 is 42.7. The highest BCUT2D eigenvalue weighted by molar-refractivity contribution is 6.32. The first-order valence-electron chi connectivity index (χ1n) is 7.06. The average molecular weight is 387 g/mol. The van der Waals surface area contributed by atoms with Crippen molar-refractivity contribution in [2.24, 2.45) is 5.73 Å². The van der Waals surface area contributed by atoms with Crippen LogP contribution in [0.1, 0.15) is 10.4 Å².